The van der Waals surface area contributed by atoms with Gasteiger partial charge in [-0.25, -0.2) is 4.52 Å². The van der Waals surface area contributed by atoms with Crippen LogP contribution < -0.4 is 0 Å². The van der Waals surface area contributed by atoms with Crippen molar-refractivity contribution in [2.75, 3.05) is 26.2 Å². The number of hydrogen-bond donors (Lipinski definition) is 0. The first-order valence-electron chi connectivity index (χ1n) is 11.4. The van der Waals surface area contributed by atoms with Crippen molar-refractivity contribution in [2.24, 2.45) is 5.10 Å². The Morgan fingerprint density at radius 3 is 2.74 bits per heavy atom. The number of non-ortho nitro benzene ring substituents is 1. The second kappa shape index (κ2) is 10.8. The minimum Gasteiger partial charge on any atom is -0.303 e. The van der Waals surface area contributed by atoms with Crippen molar-refractivity contribution in [3.63, 3.8) is 0 Å². The first-order chi connectivity index (χ1) is 16.8. The van der Waals surface area contributed by atoms with E-state index in [-0.39, 0.29) is 17.1 Å². The predicted molar refractivity (Wildman–Crippen MR) is 137 cm³/mol. The molecule has 0 amide bonds. The summed E-state index contributed by atoms with van der Waals surface area (Å²) in [6.07, 6.45) is 8.99. The Labute approximate surface area is 212 Å². The predicted octanol–water partition coefficient (Wildman–Crippen LogP) is 4.21. The number of nitro benzene ring substituents is 1. The number of nitro groups is 1. The molecule has 0 aliphatic carbocycles. The van der Waals surface area contributed by atoms with Crippen LogP contribution in [0.5, 0.6) is 0 Å². The molecule has 3 heterocycles. The molecule has 0 bridgehead atoms. The maximum atomic E-state index is 13.6. The molecule has 12 heteroatoms. The van der Waals surface area contributed by atoms with E-state index < -0.39 is 14.9 Å². The van der Waals surface area contributed by atoms with Gasteiger partial charge in [0, 0.05) is 28.4 Å². The Bertz CT molecular complexity index is 1350. The SMILES string of the molecule is Cc1ccc([N+](=O)[O-])cc1S(=O)(=O)N(CCCN1CCCCC1)N=Cc1cnn2ccc(Br)cc12. The van der Waals surface area contributed by atoms with E-state index >= 15 is 0 Å². The molecule has 0 N–H and O–H groups in total. The number of aryl methyl sites for hydroxylation is 1. The zero-order chi connectivity index (χ0) is 25.0. The standard InChI is InChI=1S/C23H27BrN6O4S/c1-18-6-7-21(30(31)32)15-23(18)35(33,34)29(12-5-11-27-9-3-2-4-10-27)26-17-19-16-25-28-13-8-20(24)14-22(19)28/h6-8,13-17H,2-5,9-12H2,1H3. The van der Waals surface area contributed by atoms with Gasteiger partial charge in [-0.05, 0) is 63.5 Å². The van der Waals surface area contributed by atoms with Gasteiger partial charge in [0.1, 0.15) is 0 Å². The minimum absolute atomic E-state index is 0.121. The average Bonchev–Trinajstić information content (AvgIpc) is 3.23. The number of pyridine rings is 1. The molecule has 2 aromatic heterocycles. The minimum atomic E-state index is -4.13. The molecule has 0 radical (unpaired) electrons. The Kier molecular flexibility index (Phi) is 7.82. The highest BCUT2D eigenvalue weighted by Crippen LogP contribution is 2.26. The first kappa shape index (κ1) is 25.3. The normalized spacial score (nSPS) is 15.1. The summed E-state index contributed by atoms with van der Waals surface area (Å²) in [7, 11) is -4.13. The summed E-state index contributed by atoms with van der Waals surface area (Å²) in [6.45, 7) is 4.56. The lowest BCUT2D eigenvalue weighted by Crippen LogP contribution is -2.34. The number of likely N-dealkylation sites (tertiary alicyclic amines) is 1. The van der Waals surface area contributed by atoms with Crippen molar-refractivity contribution in [2.45, 2.75) is 37.5 Å². The highest BCUT2D eigenvalue weighted by molar-refractivity contribution is 9.10. The lowest BCUT2D eigenvalue weighted by molar-refractivity contribution is -0.385. The summed E-state index contributed by atoms with van der Waals surface area (Å²) in [6, 6.07) is 7.57. The van der Waals surface area contributed by atoms with Gasteiger partial charge in [-0.2, -0.15) is 23.0 Å². The molecule has 35 heavy (non-hydrogen) atoms. The van der Waals surface area contributed by atoms with Gasteiger partial charge >= 0.3 is 0 Å². The maximum absolute atomic E-state index is 13.6. The molecule has 186 valence electrons. The zero-order valence-corrected chi connectivity index (χ0v) is 21.8. The van der Waals surface area contributed by atoms with E-state index in [4.69, 9.17) is 0 Å². The van der Waals surface area contributed by atoms with Gasteiger partial charge in [-0.3, -0.25) is 10.1 Å². The van der Waals surface area contributed by atoms with Gasteiger partial charge in [0.15, 0.2) is 0 Å². The number of piperidine rings is 1. The molecule has 0 atom stereocenters. The summed E-state index contributed by atoms with van der Waals surface area (Å²) >= 11 is 3.44. The van der Waals surface area contributed by atoms with Crippen molar-refractivity contribution in [1.82, 2.24) is 18.9 Å². The van der Waals surface area contributed by atoms with Crippen LogP contribution in [0.4, 0.5) is 5.69 Å². The molecule has 1 aromatic carbocycles. The largest absolute Gasteiger partial charge is 0.303 e. The van der Waals surface area contributed by atoms with Crippen molar-refractivity contribution in [3.8, 4) is 0 Å². The molecule has 3 aromatic rings. The number of rotatable bonds is 9. The van der Waals surface area contributed by atoms with Crippen LogP contribution in [0, 0.1) is 17.0 Å². The molecule has 0 unspecified atom stereocenters. The fourth-order valence-electron chi connectivity index (χ4n) is 4.15. The number of nitrogens with zero attached hydrogens (tertiary/aromatic N) is 6. The van der Waals surface area contributed by atoms with Crippen molar-refractivity contribution in [3.05, 3.63) is 68.4 Å². The van der Waals surface area contributed by atoms with Crippen LogP contribution in [0.15, 0.2) is 57.2 Å². The van der Waals surface area contributed by atoms with Crippen molar-refractivity contribution in [1.29, 1.82) is 0 Å². The van der Waals surface area contributed by atoms with Gasteiger partial charge in [-0.1, -0.05) is 28.4 Å². The third kappa shape index (κ3) is 5.88. The Morgan fingerprint density at radius 1 is 1.23 bits per heavy atom. The molecule has 0 spiro atoms. The maximum Gasteiger partial charge on any atom is 0.279 e. The molecule has 0 saturated carbocycles. The molecular weight excluding hydrogens is 536 g/mol. The Balaban J connectivity index is 1.65. The summed E-state index contributed by atoms with van der Waals surface area (Å²) in [5.74, 6) is 0. The fraction of sp³-hybridized carbons (Fsp3) is 0.391. The number of halogens is 1. The number of aromatic nitrogens is 2. The van der Waals surface area contributed by atoms with Crippen LogP contribution in [0.2, 0.25) is 0 Å². The second-order valence-corrected chi connectivity index (χ2v) is 11.3. The van der Waals surface area contributed by atoms with Crippen LogP contribution in [-0.4, -0.2) is 64.7 Å². The summed E-state index contributed by atoms with van der Waals surface area (Å²) < 4.78 is 30.8. The number of hydrogen-bond acceptors (Lipinski definition) is 7. The van der Waals surface area contributed by atoms with E-state index in [1.54, 1.807) is 23.8 Å². The number of benzene rings is 1. The molecule has 1 fully saturated rings. The van der Waals surface area contributed by atoms with E-state index in [0.29, 0.717) is 17.5 Å². The van der Waals surface area contributed by atoms with Gasteiger partial charge < -0.3 is 4.90 Å². The number of hydrazone groups is 1. The quantitative estimate of drug-likeness (QED) is 0.219. The van der Waals surface area contributed by atoms with Crippen molar-refractivity contribution < 1.29 is 13.3 Å². The van der Waals surface area contributed by atoms with Crippen LogP contribution >= 0.6 is 15.9 Å². The lowest BCUT2D eigenvalue weighted by atomic mass is 10.1. The molecule has 10 nitrogen and oxygen atoms in total. The topological polar surface area (TPSA) is 113 Å². The molecule has 4 rings (SSSR count). The summed E-state index contributed by atoms with van der Waals surface area (Å²) in [4.78, 5) is 12.9. The summed E-state index contributed by atoms with van der Waals surface area (Å²) in [5.41, 5.74) is 1.56. The van der Waals surface area contributed by atoms with Crippen LogP contribution in [0.3, 0.4) is 0 Å². The average molecular weight is 563 g/mol. The van der Waals surface area contributed by atoms with Gasteiger partial charge in [0.2, 0.25) is 0 Å². The van der Waals surface area contributed by atoms with Crippen LogP contribution in [0.1, 0.15) is 36.8 Å². The smallest absolute Gasteiger partial charge is 0.279 e. The van der Waals surface area contributed by atoms with Crippen LogP contribution in [-0.2, 0) is 10.0 Å². The second-order valence-electron chi connectivity index (χ2n) is 8.53. The summed E-state index contributed by atoms with van der Waals surface area (Å²) in [5, 5.41) is 19.9. The number of fused-ring (bicyclic) bond motifs is 1. The molecule has 1 aliphatic heterocycles. The lowest BCUT2D eigenvalue weighted by Gasteiger charge is -2.27. The molecule has 1 saturated heterocycles. The molecule has 1 aliphatic rings. The van der Waals surface area contributed by atoms with E-state index in [1.807, 2.05) is 12.1 Å². The first-order valence-corrected chi connectivity index (χ1v) is 13.7. The molecular formula is C23H27BrN6O4S. The third-order valence-electron chi connectivity index (χ3n) is 6.05. The number of sulfonamides is 1. The van der Waals surface area contributed by atoms with E-state index in [1.165, 1.54) is 24.8 Å². The van der Waals surface area contributed by atoms with Crippen LogP contribution in [0.25, 0.3) is 5.52 Å². The third-order valence-corrected chi connectivity index (χ3v) is 8.37. The van der Waals surface area contributed by atoms with Gasteiger partial charge in [-0.15, -0.1) is 0 Å². The fourth-order valence-corrected chi connectivity index (χ4v) is 5.99. The monoisotopic (exact) mass is 562 g/mol. The Hall–Kier alpha value is -2.83. The highest BCUT2D eigenvalue weighted by atomic mass is 79.9. The highest BCUT2D eigenvalue weighted by Gasteiger charge is 2.27. The van der Waals surface area contributed by atoms with Gasteiger partial charge in [0.05, 0.1) is 34.3 Å². The zero-order valence-electron chi connectivity index (χ0n) is 19.4. The van der Waals surface area contributed by atoms with E-state index in [2.05, 4.69) is 31.0 Å². The van der Waals surface area contributed by atoms with Gasteiger partial charge in [0.25, 0.3) is 15.7 Å². The van der Waals surface area contributed by atoms with E-state index in [9.17, 15) is 18.5 Å². The Morgan fingerprint density at radius 2 is 2.00 bits per heavy atom. The van der Waals surface area contributed by atoms with E-state index in [0.717, 1.165) is 52.9 Å². The van der Waals surface area contributed by atoms with Crippen molar-refractivity contribution >= 4 is 43.4 Å².